The summed E-state index contributed by atoms with van der Waals surface area (Å²) in [6, 6.07) is 22.1. The number of halogens is 2. The number of fused-ring (bicyclic) bond motifs is 3. The average Bonchev–Trinajstić information content (AvgIpc) is 3.20. The molecule has 0 saturated heterocycles. The van der Waals surface area contributed by atoms with Crippen LogP contribution in [0.5, 0.6) is 11.5 Å². The predicted molar refractivity (Wildman–Crippen MR) is 118 cm³/mol. The molecule has 5 rings (SSSR count). The highest BCUT2D eigenvalue weighted by Gasteiger charge is 2.41. The van der Waals surface area contributed by atoms with Crippen LogP contribution in [0.2, 0.25) is 5.02 Å². The van der Waals surface area contributed by atoms with Gasteiger partial charge >= 0.3 is 0 Å². The van der Waals surface area contributed by atoms with Gasteiger partial charge in [-0.2, -0.15) is 5.10 Å². The number of methoxy groups -OCH3 is 1. The Morgan fingerprint density at radius 3 is 2.69 bits per heavy atom. The molecule has 4 nitrogen and oxygen atoms in total. The standard InChI is InChI=1S/C23H18BrClN2O2/c1-28-22-9-7-15(11-18(22)24)23-27-20(17-12-16(25)8-10-21(17)29-23)13-19(26-27)14-5-3-2-4-6-14/h2-12,20,23H,13H2,1H3/t20-,23+/m0/s1. The molecule has 0 unspecified atom stereocenters. The lowest BCUT2D eigenvalue weighted by molar-refractivity contribution is -0.0190. The highest BCUT2D eigenvalue weighted by molar-refractivity contribution is 9.10. The average molecular weight is 470 g/mol. The molecule has 2 heterocycles. The van der Waals surface area contributed by atoms with Crippen molar-refractivity contribution in [1.29, 1.82) is 0 Å². The quantitative estimate of drug-likeness (QED) is 0.448. The molecule has 0 fully saturated rings. The Hall–Kier alpha value is -2.50. The highest BCUT2D eigenvalue weighted by atomic mass is 79.9. The molecule has 0 amide bonds. The summed E-state index contributed by atoms with van der Waals surface area (Å²) in [5.41, 5.74) is 4.24. The minimum absolute atomic E-state index is 0.0681. The van der Waals surface area contributed by atoms with Gasteiger partial charge in [0.05, 0.1) is 23.3 Å². The minimum atomic E-state index is -0.336. The fraction of sp³-hybridized carbons (Fsp3) is 0.174. The first kappa shape index (κ1) is 18.5. The van der Waals surface area contributed by atoms with Crippen LogP contribution in [0.25, 0.3) is 0 Å². The van der Waals surface area contributed by atoms with Crippen LogP contribution in [0.15, 0.2) is 76.3 Å². The maximum atomic E-state index is 6.40. The van der Waals surface area contributed by atoms with Crippen LogP contribution in [0.3, 0.4) is 0 Å². The van der Waals surface area contributed by atoms with Gasteiger partial charge in [-0.3, -0.25) is 0 Å². The van der Waals surface area contributed by atoms with Crippen LogP contribution >= 0.6 is 27.5 Å². The largest absolute Gasteiger partial charge is 0.496 e. The van der Waals surface area contributed by atoms with Gasteiger partial charge in [0.1, 0.15) is 11.5 Å². The molecule has 2 aliphatic rings. The van der Waals surface area contributed by atoms with E-state index in [2.05, 4.69) is 33.1 Å². The van der Waals surface area contributed by atoms with Crippen LogP contribution in [0, 0.1) is 0 Å². The summed E-state index contributed by atoms with van der Waals surface area (Å²) < 4.78 is 12.7. The zero-order chi connectivity index (χ0) is 20.0. The van der Waals surface area contributed by atoms with Gasteiger partial charge in [0.25, 0.3) is 0 Å². The summed E-state index contributed by atoms with van der Waals surface area (Å²) >= 11 is 9.88. The van der Waals surface area contributed by atoms with Crippen molar-refractivity contribution in [2.24, 2.45) is 5.10 Å². The third-order valence-electron chi connectivity index (χ3n) is 5.32. The molecule has 3 aromatic carbocycles. The number of benzene rings is 3. The van der Waals surface area contributed by atoms with Crippen molar-refractivity contribution >= 4 is 33.2 Å². The molecule has 2 atom stereocenters. The topological polar surface area (TPSA) is 34.1 Å². The number of ether oxygens (including phenoxy) is 2. The van der Waals surface area contributed by atoms with Gasteiger partial charge in [0.2, 0.25) is 6.23 Å². The molecule has 29 heavy (non-hydrogen) atoms. The van der Waals surface area contributed by atoms with Crippen molar-refractivity contribution in [1.82, 2.24) is 5.01 Å². The van der Waals surface area contributed by atoms with Crippen LogP contribution in [-0.4, -0.2) is 17.8 Å². The van der Waals surface area contributed by atoms with E-state index in [1.54, 1.807) is 7.11 Å². The SMILES string of the molecule is COc1ccc([C@H]2Oc3ccc(Cl)cc3[C@@H]3CC(c4ccccc4)=NN23)cc1Br. The lowest BCUT2D eigenvalue weighted by Crippen LogP contribution is -2.33. The van der Waals surface area contributed by atoms with E-state index >= 15 is 0 Å². The lowest BCUT2D eigenvalue weighted by Gasteiger charge is -2.38. The Morgan fingerprint density at radius 2 is 1.93 bits per heavy atom. The molecule has 0 saturated carbocycles. The van der Waals surface area contributed by atoms with Crippen molar-refractivity contribution in [2.45, 2.75) is 18.7 Å². The third kappa shape index (κ3) is 3.28. The Balaban J connectivity index is 1.60. The normalized spacial score (nSPS) is 19.8. The van der Waals surface area contributed by atoms with Crippen LogP contribution in [-0.2, 0) is 0 Å². The van der Waals surface area contributed by atoms with Gasteiger partial charge in [0.15, 0.2) is 0 Å². The van der Waals surface area contributed by atoms with E-state index in [-0.39, 0.29) is 12.3 Å². The van der Waals surface area contributed by atoms with Crippen LogP contribution in [0.1, 0.15) is 35.4 Å². The second kappa shape index (κ2) is 7.39. The molecule has 0 radical (unpaired) electrons. The maximum Gasteiger partial charge on any atom is 0.213 e. The van der Waals surface area contributed by atoms with Crippen LogP contribution in [0.4, 0.5) is 0 Å². The Kier molecular flexibility index (Phi) is 4.72. The van der Waals surface area contributed by atoms with E-state index < -0.39 is 0 Å². The molecular weight excluding hydrogens is 452 g/mol. The third-order valence-corrected chi connectivity index (χ3v) is 6.17. The second-order valence-corrected chi connectivity index (χ2v) is 8.35. The number of nitrogens with zero attached hydrogens (tertiary/aromatic N) is 2. The van der Waals surface area contributed by atoms with Crippen molar-refractivity contribution in [3.8, 4) is 11.5 Å². The summed E-state index contributed by atoms with van der Waals surface area (Å²) in [5.74, 6) is 1.63. The van der Waals surface area contributed by atoms with Gasteiger partial charge in [-0.25, -0.2) is 5.01 Å². The number of rotatable bonds is 3. The fourth-order valence-corrected chi connectivity index (χ4v) is 4.66. The molecule has 146 valence electrons. The van der Waals surface area contributed by atoms with Gasteiger partial charge in [-0.15, -0.1) is 0 Å². The first-order chi connectivity index (χ1) is 14.1. The van der Waals surface area contributed by atoms with E-state index in [0.29, 0.717) is 5.02 Å². The Bertz CT molecular complexity index is 1100. The van der Waals surface area contributed by atoms with Gasteiger partial charge in [-0.1, -0.05) is 41.9 Å². The van der Waals surface area contributed by atoms with Gasteiger partial charge < -0.3 is 9.47 Å². The van der Waals surface area contributed by atoms with E-state index in [9.17, 15) is 0 Å². The maximum absolute atomic E-state index is 6.40. The van der Waals surface area contributed by atoms with Gasteiger partial charge in [0, 0.05) is 22.6 Å². The number of hydrogen-bond donors (Lipinski definition) is 0. The summed E-state index contributed by atoms with van der Waals surface area (Å²) in [4.78, 5) is 0. The molecule has 0 spiro atoms. The lowest BCUT2D eigenvalue weighted by atomic mass is 9.96. The van der Waals surface area contributed by atoms with Crippen molar-refractivity contribution < 1.29 is 9.47 Å². The number of hydrogen-bond acceptors (Lipinski definition) is 4. The minimum Gasteiger partial charge on any atom is -0.496 e. The molecule has 0 bridgehead atoms. The van der Waals surface area contributed by atoms with Crippen molar-refractivity contribution in [3.05, 3.63) is 92.9 Å². The van der Waals surface area contributed by atoms with E-state index in [4.69, 9.17) is 26.2 Å². The monoisotopic (exact) mass is 468 g/mol. The molecule has 6 heteroatoms. The molecular formula is C23H18BrClN2O2. The predicted octanol–water partition coefficient (Wildman–Crippen LogP) is 6.35. The molecule has 3 aromatic rings. The Morgan fingerprint density at radius 1 is 1.10 bits per heavy atom. The zero-order valence-electron chi connectivity index (χ0n) is 15.7. The van der Waals surface area contributed by atoms with Crippen molar-refractivity contribution in [3.63, 3.8) is 0 Å². The van der Waals surface area contributed by atoms with Gasteiger partial charge in [-0.05, 0) is 57.9 Å². The van der Waals surface area contributed by atoms with Crippen molar-refractivity contribution in [2.75, 3.05) is 7.11 Å². The first-order valence-corrected chi connectivity index (χ1v) is 10.5. The summed E-state index contributed by atoms with van der Waals surface area (Å²) in [7, 11) is 1.66. The molecule has 0 aromatic heterocycles. The summed E-state index contributed by atoms with van der Waals surface area (Å²) in [6.45, 7) is 0. The van der Waals surface area contributed by atoms with Crippen LogP contribution < -0.4 is 9.47 Å². The van der Waals surface area contributed by atoms with E-state index in [0.717, 1.165) is 44.8 Å². The molecule has 2 aliphatic heterocycles. The van der Waals surface area contributed by atoms with E-state index in [1.165, 1.54) is 0 Å². The fourth-order valence-electron chi connectivity index (χ4n) is 3.92. The first-order valence-electron chi connectivity index (χ1n) is 9.35. The summed E-state index contributed by atoms with van der Waals surface area (Å²) in [6.07, 6.45) is 0.464. The summed E-state index contributed by atoms with van der Waals surface area (Å²) in [5, 5.41) is 7.73. The van der Waals surface area contributed by atoms with E-state index in [1.807, 2.05) is 54.6 Å². The smallest absolute Gasteiger partial charge is 0.213 e. The highest BCUT2D eigenvalue weighted by Crippen LogP contribution is 2.48. The second-order valence-electron chi connectivity index (χ2n) is 7.06. The molecule has 0 aliphatic carbocycles. The molecule has 0 N–H and O–H groups in total. The number of hydrazone groups is 1. The zero-order valence-corrected chi connectivity index (χ0v) is 18.0. The Labute approximate surface area is 182 Å².